The standard InChI is InChI=1S/C14H17FN4O2S.C12H11ClFN3OS/c1-19(21-2)8-12-9-22-14(17-12)18-13(20)16-7-10-4-3-5-11(15)6-10;13-5-10-7-19-12(16-10)17-11(18)15-6-8-2-1-3-9(14)4-8/h3-6,9H,7-8H2,1-2H3,(H2,16,17,18,20);1-4,7H,5-6H2,(H2,15,16,17,18). The fourth-order valence-electron chi connectivity index (χ4n) is 3.10. The van der Waals surface area contributed by atoms with Crippen molar-refractivity contribution < 1.29 is 23.2 Å². The van der Waals surface area contributed by atoms with Crippen LogP contribution in [0.1, 0.15) is 22.5 Å². The number of carbonyl (C=O) groups is 2. The molecule has 4 N–H and O–H groups in total. The number of hydrogen-bond acceptors (Lipinski definition) is 8. The van der Waals surface area contributed by atoms with Crippen molar-refractivity contribution in [2.45, 2.75) is 25.5 Å². The third kappa shape index (κ3) is 11.8. The van der Waals surface area contributed by atoms with Gasteiger partial charge in [0.25, 0.3) is 0 Å². The van der Waals surface area contributed by atoms with Gasteiger partial charge >= 0.3 is 12.1 Å². The number of halogens is 3. The van der Waals surface area contributed by atoms with Gasteiger partial charge in [0.1, 0.15) is 11.6 Å². The molecular formula is C26H28ClF2N7O3S2. The van der Waals surface area contributed by atoms with Crippen molar-refractivity contribution >= 4 is 56.6 Å². The molecule has 41 heavy (non-hydrogen) atoms. The van der Waals surface area contributed by atoms with Crippen molar-refractivity contribution in [1.82, 2.24) is 25.7 Å². The van der Waals surface area contributed by atoms with Crippen LogP contribution in [0.25, 0.3) is 0 Å². The molecule has 0 saturated carbocycles. The second-order valence-electron chi connectivity index (χ2n) is 8.27. The predicted octanol–water partition coefficient (Wildman–Crippen LogP) is 5.94. The van der Waals surface area contributed by atoms with Gasteiger partial charge in [-0.05, 0) is 35.4 Å². The maximum absolute atomic E-state index is 13.0. The summed E-state index contributed by atoms with van der Waals surface area (Å²) in [7, 11) is 3.36. The van der Waals surface area contributed by atoms with Crippen molar-refractivity contribution in [3.8, 4) is 0 Å². The van der Waals surface area contributed by atoms with Gasteiger partial charge < -0.3 is 15.5 Å². The molecule has 0 bridgehead atoms. The Kier molecular flexibility index (Phi) is 12.8. The molecule has 0 fully saturated rings. The summed E-state index contributed by atoms with van der Waals surface area (Å²) in [5.41, 5.74) is 2.90. The maximum Gasteiger partial charge on any atom is 0.321 e. The molecule has 15 heteroatoms. The van der Waals surface area contributed by atoms with E-state index in [0.29, 0.717) is 39.5 Å². The molecule has 2 aromatic heterocycles. The Hall–Kier alpha value is -3.69. The number of hydroxylamine groups is 2. The average molecular weight is 624 g/mol. The van der Waals surface area contributed by atoms with Crippen LogP contribution < -0.4 is 21.3 Å². The summed E-state index contributed by atoms with van der Waals surface area (Å²) in [6.45, 7) is 1.02. The van der Waals surface area contributed by atoms with Gasteiger partial charge in [-0.1, -0.05) is 24.3 Å². The van der Waals surface area contributed by atoms with E-state index in [-0.39, 0.29) is 36.8 Å². The molecule has 0 saturated heterocycles. The van der Waals surface area contributed by atoms with E-state index in [1.807, 2.05) is 5.38 Å². The number of anilines is 2. The molecule has 2 heterocycles. The summed E-state index contributed by atoms with van der Waals surface area (Å²) in [5.74, 6) is -0.346. The smallest absolute Gasteiger partial charge is 0.321 e. The third-order valence-electron chi connectivity index (χ3n) is 5.06. The molecule has 0 unspecified atom stereocenters. The predicted molar refractivity (Wildman–Crippen MR) is 157 cm³/mol. The van der Waals surface area contributed by atoms with E-state index >= 15 is 0 Å². The summed E-state index contributed by atoms with van der Waals surface area (Å²) in [5, 5.41) is 16.7. The summed E-state index contributed by atoms with van der Waals surface area (Å²) >= 11 is 8.24. The van der Waals surface area contributed by atoms with Crippen molar-refractivity contribution in [2.24, 2.45) is 0 Å². The molecule has 4 rings (SSSR count). The Morgan fingerprint density at radius 2 is 1.37 bits per heavy atom. The van der Waals surface area contributed by atoms with Crippen LogP contribution in [-0.2, 0) is 30.4 Å². The SMILES string of the molecule is CON(C)Cc1csc(NC(=O)NCc2cccc(F)c2)n1.O=C(NCc1cccc(F)c1)Nc1nc(CCl)cs1. The third-order valence-corrected chi connectivity index (χ3v) is 6.95. The number of urea groups is 2. The van der Waals surface area contributed by atoms with E-state index < -0.39 is 0 Å². The van der Waals surface area contributed by atoms with Crippen LogP contribution in [0.2, 0.25) is 0 Å². The number of thiazole rings is 2. The Morgan fingerprint density at radius 3 is 1.80 bits per heavy atom. The van der Waals surface area contributed by atoms with Crippen LogP contribution >= 0.6 is 34.3 Å². The number of hydrogen-bond donors (Lipinski definition) is 4. The van der Waals surface area contributed by atoms with E-state index in [9.17, 15) is 18.4 Å². The fraction of sp³-hybridized carbons (Fsp3) is 0.231. The minimum Gasteiger partial charge on any atom is -0.334 e. The van der Waals surface area contributed by atoms with Gasteiger partial charge in [-0.25, -0.2) is 28.3 Å². The molecule has 0 aliphatic heterocycles. The highest BCUT2D eigenvalue weighted by molar-refractivity contribution is 7.14. The highest BCUT2D eigenvalue weighted by Crippen LogP contribution is 2.17. The molecule has 10 nitrogen and oxygen atoms in total. The molecule has 0 aliphatic carbocycles. The van der Waals surface area contributed by atoms with Crippen LogP contribution in [0, 0.1) is 11.6 Å². The number of amides is 4. The van der Waals surface area contributed by atoms with Crippen LogP contribution in [0.4, 0.5) is 28.6 Å². The summed E-state index contributed by atoms with van der Waals surface area (Å²) in [4.78, 5) is 36.7. The van der Waals surface area contributed by atoms with E-state index in [1.54, 1.807) is 48.9 Å². The number of aromatic nitrogens is 2. The lowest BCUT2D eigenvalue weighted by Gasteiger charge is -2.10. The minimum atomic E-state index is -0.389. The van der Waals surface area contributed by atoms with Crippen LogP contribution in [0.15, 0.2) is 59.3 Å². The van der Waals surface area contributed by atoms with Crippen molar-refractivity contribution in [2.75, 3.05) is 24.8 Å². The normalized spacial score (nSPS) is 10.5. The van der Waals surface area contributed by atoms with E-state index in [2.05, 4.69) is 31.2 Å². The van der Waals surface area contributed by atoms with Gasteiger partial charge in [-0.3, -0.25) is 10.6 Å². The zero-order valence-corrected chi connectivity index (χ0v) is 24.5. The van der Waals surface area contributed by atoms with Gasteiger partial charge in [-0.2, -0.15) is 5.06 Å². The molecule has 0 aliphatic rings. The zero-order chi connectivity index (χ0) is 29.6. The first-order valence-corrected chi connectivity index (χ1v) is 14.3. The number of alkyl halides is 1. The monoisotopic (exact) mass is 623 g/mol. The second kappa shape index (κ2) is 16.5. The Balaban J connectivity index is 0.000000228. The highest BCUT2D eigenvalue weighted by Gasteiger charge is 2.09. The molecule has 4 aromatic rings. The Bertz CT molecular complexity index is 1420. The number of nitrogens with zero attached hydrogens (tertiary/aromatic N) is 3. The summed E-state index contributed by atoms with van der Waals surface area (Å²) < 4.78 is 26.0. The van der Waals surface area contributed by atoms with Gasteiger partial charge in [0.05, 0.1) is 30.9 Å². The van der Waals surface area contributed by atoms with E-state index in [1.165, 1.54) is 46.9 Å². The van der Waals surface area contributed by atoms with E-state index in [4.69, 9.17) is 16.4 Å². The quantitative estimate of drug-likeness (QED) is 0.128. The summed E-state index contributed by atoms with van der Waals surface area (Å²) in [6.07, 6.45) is 0. The molecule has 0 atom stereocenters. The number of benzene rings is 2. The lowest BCUT2D eigenvalue weighted by molar-refractivity contribution is -0.117. The van der Waals surface area contributed by atoms with E-state index in [0.717, 1.165) is 5.69 Å². The molecule has 2 aromatic carbocycles. The molecule has 4 amide bonds. The average Bonchev–Trinajstić information content (AvgIpc) is 3.60. The van der Waals surface area contributed by atoms with Gasteiger partial charge in [0.15, 0.2) is 10.3 Å². The van der Waals surface area contributed by atoms with Gasteiger partial charge in [-0.15, -0.1) is 34.3 Å². The largest absolute Gasteiger partial charge is 0.334 e. The first-order chi connectivity index (χ1) is 19.7. The van der Waals surface area contributed by atoms with Gasteiger partial charge in [0, 0.05) is 30.9 Å². The first-order valence-electron chi connectivity index (χ1n) is 12.0. The fourth-order valence-corrected chi connectivity index (χ4v) is 4.73. The van der Waals surface area contributed by atoms with Crippen molar-refractivity contribution in [3.63, 3.8) is 0 Å². The Labute approximate surface area is 248 Å². The number of nitrogens with one attached hydrogen (secondary N) is 4. The number of rotatable bonds is 10. The molecular weight excluding hydrogens is 596 g/mol. The maximum atomic E-state index is 13.0. The molecule has 0 radical (unpaired) electrons. The minimum absolute atomic E-state index is 0.244. The van der Waals surface area contributed by atoms with Gasteiger partial charge in [0.2, 0.25) is 0 Å². The number of carbonyl (C=O) groups excluding carboxylic acids is 2. The topological polar surface area (TPSA) is 121 Å². The zero-order valence-electron chi connectivity index (χ0n) is 22.1. The summed E-state index contributed by atoms with van der Waals surface area (Å²) in [6, 6.07) is 11.4. The van der Waals surface area contributed by atoms with Crippen LogP contribution in [-0.4, -0.2) is 41.3 Å². The Morgan fingerprint density at radius 1 is 0.878 bits per heavy atom. The molecule has 218 valence electrons. The second-order valence-corrected chi connectivity index (χ2v) is 10.2. The molecule has 0 spiro atoms. The highest BCUT2D eigenvalue weighted by atomic mass is 35.5. The lowest BCUT2D eigenvalue weighted by atomic mass is 10.2. The van der Waals surface area contributed by atoms with Crippen LogP contribution in [0.5, 0.6) is 0 Å². The lowest BCUT2D eigenvalue weighted by Crippen LogP contribution is -2.28. The van der Waals surface area contributed by atoms with Crippen LogP contribution in [0.3, 0.4) is 0 Å². The van der Waals surface area contributed by atoms with Crippen molar-refractivity contribution in [3.05, 3.63) is 93.4 Å². The first kappa shape index (κ1) is 31.8. The van der Waals surface area contributed by atoms with Crippen molar-refractivity contribution in [1.29, 1.82) is 0 Å².